The average molecular weight is 545 g/mol. The van der Waals surface area contributed by atoms with Crippen LogP contribution in [-0.2, 0) is 13.0 Å². The Labute approximate surface area is 235 Å². The molecule has 6 nitrogen and oxygen atoms in total. The second kappa shape index (κ2) is 12.4. The van der Waals surface area contributed by atoms with Crippen LogP contribution in [0, 0.1) is 24.7 Å². The van der Waals surface area contributed by atoms with Crippen LogP contribution in [0.4, 0.5) is 0 Å². The summed E-state index contributed by atoms with van der Waals surface area (Å²) in [5.41, 5.74) is 4.55. The van der Waals surface area contributed by atoms with Crippen molar-refractivity contribution < 1.29 is 4.74 Å². The van der Waals surface area contributed by atoms with Crippen molar-refractivity contribution in [2.75, 3.05) is 20.1 Å². The standard InChI is InChI=1S/C32H40N4O2S/c1-21(2)15-24(9-12-25-18-36(4)19-29(25)31-34-35-32(37)39-31)17-23-10-13-27(14-11-23)38-20-26-16-22(3)33-30-8-6-5-7-28(26)30/h5-8,10-11,13-14,16,21,24-25,29H,9,12,15,17-20H2,1-4H3,(H,35,37)/t24?,25-,29+/m1/s1. The van der Waals surface area contributed by atoms with Crippen LogP contribution < -0.4 is 9.61 Å². The van der Waals surface area contributed by atoms with Crippen LogP contribution in [0.25, 0.3) is 10.9 Å². The molecule has 0 spiro atoms. The monoisotopic (exact) mass is 544 g/mol. The number of pyridine rings is 1. The minimum Gasteiger partial charge on any atom is -0.489 e. The zero-order chi connectivity index (χ0) is 27.4. The Morgan fingerprint density at radius 3 is 2.67 bits per heavy atom. The maximum Gasteiger partial charge on any atom is 0.322 e. The van der Waals surface area contributed by atoms with Gasteiger partial charge in [-0.1, -0.05) is 55.5 Å². The van der Waals surface area contributed by atoms with Crippen molar-refractivity contribution in [3.8, 4) is 5.75 Å². The lowest BCUT2D eigenvalue weighted by Gasteiger charge is -2.23. The number of hydrogen-bond acceptors (Lipinski definition) is 6. The van der Waals surface area contributed by atoms with Crippen LogP contribution in [0.3, 0.4) is 0 Å². The summed E-state index contributed by atoms with van der Waals surface area (Å²) in [6, 6.07) is 19.0. The van der Waals surface area contributed by atoms with E-state index in [-0.39, 0.29) is 4.87 Å². The molecule has 0 saturated carbocycles. The largest absolute Gasteiger partial charge is 0.489 e. The van der Waals surface area contributed by atoms with Crippen LogP contribution in [0.15, 0.2) is 59.4 Å². The van der Waals surface area contributed by atoms with Gasteiger partial charge in [0.25, 0.3) is 0 Å². The number of aromatic nitrogens is 3. The molecule has 0 aliphatic carbocycles. The Morgan fingerprint density at radius 2 is 1.92 bits per heavy atom. The van der Waals surface area contributed by atoms with Gasteiger partial charge in [0.1, 0.15) is 17.4 Å². The maximum absolute atomic E-state index is 11.7. The Bertz CT molecular complexity index is 1430. The van der Waals surface area contributed by atoms with E-state index < -0.39 is 0 Å². The zero-order valence-electron chi connectivity index (χ0n) is 23.5. The molecule has 39 heavy (non-hydrogen) atoms. The Morgan fingerprint density at radius 1 is 1.13 bits per heavy atom. The highest BCUT2D eigenvalue weighted by molar-refractivity contribution is 7.08. The van der Waals surface area contributed by atoms with Gasteiger partial charge in [0.15, 0.2) is 0 Å². The van der Waals surface area contributed by atoms with Crippen molar-refractivity contribution >= 4 is 22.2 Å². The first-order valence-electron chi connectivity index (χ1n) is 14.1. The van der Waals surface area contributed by atoms with Gasteiger partial charge in [-0.2, -0.15) is 5.10 Å². The molecule has 1 aliphatic heterocycles. The van der Waals surface area contributed by atoms with E-state index in [2.05, 4.69) is 89.5 Å². The fraction of sp³-hybridized carbons (Fsp3) is 0.469. The van der Waals surface area contributed by atoms with Crippen molar-refractivity contribution in [1.82, 2.24) is 20.1 Å². The first kappa shape index (κ1) is 27.5. The lowest BCUT2D eigenvalue weighted by Crippen LogP contribution is -2.16. The van der Waals surface area contributed by atoms with Crippen LogP contribution in [-0.4, -0.2) is 40.2 Å². The van der Waals surface area contributed by atoms with E-state index >= 15 is 0 Å². The smallest absolute Gasteiger partial charge is 0.322 e. The van der Waals surface area contributed by atoms with E-state index in [1.165, 1.54) is 36.2 Å². The van der Waals surface area contributed by atoms with Crippen molar-refractivity contribution in [1.29, 1.82) is 0 Å². The number of aromatic amines is 1. The second-order valence-corrected chi connectivity index (χ2v) is 12.7. The quantitative estimate of drug-likeness (QED) is 0.230. The highest BCUT2D eigenvalue weighted by Crippen LogP contribution is 2.36. The topological polar surface area (TPSA) is 71.1 Å². The molecule has 4 aromatic rings. The Hall–Kier alpha value is -3.03. The molecule has 7 heteroatoms. The third-order valence-corrected chi connectivity index (χ3v) is 8.80. The van der Waals surface area contributed by atoms with Crippen molar-refractivity contribution in [2.24, 2.45) is 17.8 Å². The summed E-state index contributed by atoms with van der Waals surface area (Å²) in [5.74, 6) is 3.10. The van der Waals surface area contributed by atoms with Gasteiger partial charge < -0.3 is 9.64 Å². The highest BCUT2D eigenvalue weighted by atomic mass is 32.1. The molecule has 0 bridgehead atoms. The van der Waals surface area contributed by atoms with E-state index in [1.807, 2.05) is 13.0 Å². The number of fused-ring (bicyclic) bond motifs is 1. The third kappa shape index (κ3) is 7.14. The number of benzene rings is 2. The molecule has 206 valence electrons. The van der Waals surface area contributed by atoms with Crippen molar-refractivity contribution in [3.05, 3.63) is 86.1 Å². The lowest BCUT2D eigenvalue weighted by atomic mass is 9.83. The summed E-state index contributed by atoms with van der Waals surface area (Å²) in [6.45, 7) is 9.26. The number of H-pyrrole nitrogens is 1. The fourth-order valence-corrected chi connectivity index (χ4v) is 7.00. The van der Waals surface area contributed by atoms with Gasteiger partial charge in [0, 0.05) is 35.7 Å². The van der Waals surface area contributed by atoms with E-state index in [9.17, 15) is 4.79 Å². The number of ether oxygens (including phenoxy) is 1. The number of nitrogens with one attached hydrogen (secondary N) is 1. The molecule has 1 saturated heterocycles. The summed E-state index contributed by atoms with van der Waals surface area (Å²) in [5, 5.41) is 9.06. The molecule has 3 atom stereocenters. The van der Waals surface area contributed by atoms with Gasteiger partial charge in [-0.15, -0.1) is 0 Å². The molecule has 3 heterocycles. The molecule has 2 aromatic carbocycles. The molecular formula is C32H40N4O2S. The summed E-state index contributed by atoms with van der Waals surface area (Å²) >= 11 is 1.28. The SMILES string of the molecule is Cc1cc(COc2ccc(CC(CC[C@@H]3CN(C)C[C@@H]3c3n[nH]c(=O)s3)CC(C)C)cc2)c2ccccc2n1. The van der Waals surface area contributed by atoms with E-state index in [4.69, 9.17) is 4.74 Å². The van der Waals surface area contributed by atoms with Crippen LogP contribution >= 0.6 is 11.3 Å². The molecular weight excluding hydrogens is 504 g/mol. The predicted octanol–water partition coefficient (Wildman–Crippen LogP) is 6.60. The highest BCUT2D eigenvalue weighted by Gasteiger charge is 2.34. The average Bonchev–Trinajstić information content (AvgIpc) is 3.51. The molecule has 1 fully saturated rings. The summed E-state index contributed by atoms with van der Waals surface area (Å²) in [4.78, 5) is 18.7. The van der Waals surface area contributed by atoms with Crippen LogP contribution in [0.2, 0.25) is 0 Å². The zero-order valence-corrected chi connectivity index (χ0v) is 24.3. The normalized spacial score (nSPS) is 18.7. The predicted molar refractivity (Wildman–Crippen MR) is 160 cm³/mol. The van der Waals surface area contributed by atoms with Crippen LogP contribution in [0.1, 0.15) is 60.9 Å². The Kier molecular flexibility index (Phi) is 8.78. The van der Waals surface area contributed by atoms with Gasteiger partial charge >= 0.3 is 4.87 Å². The molecule has 1 N–H and O–H groups in total. The first-order chi connectivity index (χ1) is 18.8. The minimum absolute atomic E-state index is 0.0485. The van der Waals surface area contributed by atoms with Gasteiger partial charge in [-0.05, 0) is 87.2 Å². The second-order valence-electron chi connectivity index (χ2n) is 11.7. The number of rotatable bonds is 11. The number of likely N-dealkylation sites (tertiary alicyclic amines) is 1. The summed E-state index contributed by atoms with van der Waals surface area (Å²) in [6.07, 6.45) is 4.66. The Balaban J connectivity index is 1.20. The lowest BCUT2D eigenvalue weighted by molar-refractivity contribution is 0.307. The van der Waals surface area contributed by atoms with Crippen molar-refractivity contribution in [3.63, 3.8) is 0 Å². The van der Waals surface area contributed by atoms with Crippen LogP contribution in [0.5, 0.6) is 5.75 Å². The summed E-state index contributed by atoms with van der Waals surface area (Å²) in [7, 11) is 2.18. The van der Waals surface area contributed by atoms with Gasteiger partial charge in [0.2, 0.25) is 0 Å². The maximum atomic E-state index is 11.7. The number of aryl methyl sites for hydroxylation is 1. The van der Waals surface area contributed by atoms with E-state index in [0.717, 1.165) is 52.4 Å². The molecule has 2 aromatic heterocycles. The molecule has 0 radical (unpaired) electrons. The third-order valence-electron chi connectivity index (χ3n) is 7.92. The van der Waals surface area contributed by atoms with E-state index in [1.54, 1.807) is 0 Å². The van der Waals surface area contributed by atoms with Gasteiger partial charge in [0.05, 0.1) is 5.52 Å². The van der Waals surface area contributed by atoms with Gasteiger partial charge in [-0.25, -0.2) is 5.10 Å². The minimum atomic E-state index is -0.0485. The molecule has 1 unspecified atom stereocenters. The molecule has 0 amide bonds. The van der Waals surface area contributed by atoms with E-state index in [0.29, 0.717) is 30.3 Å². The number of nitrogens with zero attached hydrogens (tertiary/aromatic N) is 3. The number of para-hydroxylation sites is 1. The molecule has 5 rings (SSSR count). The van der Waals surface area contributed by atoms with Gasteiger partial charge in [-0.3, -0.25) is 9.78 Å². The number of hydrogen-bond donors (Lipinski definition) is 1. The summed E-state index contributed by atoms with van der Waals surface area (Å²) < 4.78 is 6.20. The first-order valence-corrected chi connectivity index (χ1v) is 15.0. The molecule has 1 aliphatic rings. The number of likely N-dealkylation sites (N-methyl/N-ethyl adjacent to an activating group) is 1. The fourth-order valence-electron chi connectivity index (χ4n) is 6.21. The van der Waals surface area contributed by atoms with Crippen molar-refractivity contribution in [2.45, 2.75) is 59.0 Å².